The molecule has 222 valence electrons. The lowest BCUT2D eigenvalue weighted by Gasteiger charge is -2.35. The maximum atomic E-state index is 12.9. The van der Waals surface area contributed by atoms with Crippen LogP contribution in [0, 0.1) is 6.92 Å². The largest absolute Gasteiger partial charge is 0.491 e. The summed E-state index contributed by atoms with van der Waals surface area (Å²) in [6.45, 7) is 6.53. The van der Waals surface area contributed by atoms with E-state index in [0.717, 1.165) is 39.5 Å². The Hall–Kier alpha value is -3.26. The third kappa shape index (κ3) is 8.62. The van der Waals surface area contributed by atoms with Gasteiger partial charge in [-0.05, 0) is 43.7 Å². The minimum absolute atomic E-state index is 0.00855. The van der Waals surface area contributed by atoms with Crippen molar-refractivity contribution >= 4 is 33.4 Å². The molecule has 1 amide bonds. The molecule has 0 spiro atoms. The number of carbonyl (C=O) groups is 2. The number of piperazine rings is 1. The number of rotatable bonds is 11. The second kappa shape index (κ2) is 13.6. The minimum Gasteiger partial charge on any atom is -0.491 e. The molecule has 2 atom stereocenters. The number of aromatic nitrogens is 1. The van der Waals surface area contributed by atoms with Crippen molar-refractivity contribution in [3.8, 4) is 5.75 Å². The lowest BCUT2D eigenvalue weighted by atomic mass is 10.0. The molecule has 2 heterocycles. The van der Waals surface area contributed by atoms with Crippen molar-refractivity contribution in [2.75, 3.05) is 52.5 Å². The molecule has 0 bridgehead atoms. The van der Waals surface area contributed by atoms with E-state index in [1.165, 1.54) is 0 Å². The van der Waals surface area contributed by atoms with Gasteiger partial charge in [-0.1, -0.05) is 12.1 Å². The van der Waals surface area contributed by atoms with Crippen LogP contribution in [0.5, 0.6) is 5.75 Å². The highest BCUT2D eigenvalue weighted by atomic mass is 32.1. The molecule has 0 saturated carbocycles. The topological polar surface area (TPSA) is 104 Å². The van der Waals surface area contributed by atoms with Gasteiger partial charge in [0, 0.05) is 38.8 Å². The maximum Gasteiger partial charge on any atom is 0.416 e. The Balaban J connectivity index is 1.23. The number of hydrogen-bond donors (Lipinski definition) is 2. The lowest BCUT2D eigenvalue weighted by Crippen LogP contribution is -2.51. The molecule has 1 saturated heterocycles. The zero-order chi connectivity index (χ0) is 29.6. The second-order valence-corrected chi connectivity index (χ2v) is 11.0. The molecule has 1 fully saturated rings. The third-order valence-electron chi connectivity index (χ3n) is 6.61. The molecule has 1 aliphatic heterocycles. The molecule has 4 rings (SSSR count). The Bertz CT molecular complexity index is 1330. The predicted molar refractivity (Wildman–Crippen MR) is 148 cm³/mol. The van der Waals surface area contributed by atoms with Crippen LogP contribution in [0.2, 0.25) is 0 Å². The van der Waals surface area contributed by atoms with E-state index in [2.05, 4.69) is 15.2 Å². The summed E-state index contributed by atoms with van der Waals surface area (Å²) in [4.78, 5) is 33.7. The number of alkyl halides is 3. The molecule has 1 aromatic heterocycles. The van der Waals surface area contributed by atoms with E-state index in [-0.39, 0.29) is 25.3 Å². The molecule has 2 aromatic carbocycles. The number of esters is 1. The summed E-state index contributed by atoms with van der Waals surface area (Å²) in [5, 5.41) is 14.1. The van der Waals surface area contributed by atoms with Gasteiger partial charge in [0.25, 0.3) is 0 Å². The fourth-order valence-electron chi connectivity index (χ4n) is 4.56. The number of thiazole rings is 1. The number of aliphatic hydroxyl groups excluding tert-OH is 1. The number of amides is 1. The molecule has 0 aliphatic carbocycles. The molecule has 0 radical (unpaired) electrons. The van der Waals surface area contributed by atoms with Crippen LogP contribution in [0.15, 0.2) is 42.5 Å². The van der Waals surface area contributed by atoms with Crippen LogP contribution in [0.1, 0.15) is 29.1 Å². The van der Waals surface area contributed by atoms with Crippen LogP contribution in [-0.2, 0) is 20.5 Å². The number of hydrogen-bond acceptors (Lipinski definition) is 9. The highest BCUT2D eigenvalue weighted by Crippen LogP contribution is 2.30. The molecule has 2 unspecified atom stereocenters. The number of aliphatic hydroxyl groups is 1. The van der Waals surface area contributed by atoms with Crippen LogP contribution in [0.3, 0.4) is 0 Å². The molecule has 13 heteroatoms. The van der Waals surface area contributed by atoms with Gasteiger partial charge in [0.2, 0.25) is 5.91 Å². The van der Waals surface area contributed by atoms with Crippen molar-refractivity contribution in [1.82, 2.24) is 20.1 Å². The number of β-amino-alcohol motifs (C(OH)–C–C–N with tert-alkyl or cyclic N) is 1. The Morgan fingerprint density at radius 1 is 1.10 bits per heavy atom. The number of halogens is 3. The second-order valence-electron chi connectivity index (χ2n) is 9.78. The summed E-state index contributed by atoms with van der Waals surface area (Å²) in [6, 6.07) is 8.52. The minimum atomic E-state index is -4.51. The standard InChI is InChI=1S/C28H33F3N4O5S/c1-3-39-27(38)26(19-4-6-20(7-5-19)28(29,30)31)33-25(37)16-35-12-10-34(11-13-35)15-21(36)17-40-22-8-9-24-23(14-22)32-18(2)41-24/h4-9,14,21,26,36H,3,10-13,15-17H2,1-2H3,(H,33,37). The van der Waals surface area contributed by atoms with Gasteiger partial charge in [-0.15, -0.1) is 11.3 Å². The highest BCUT2D eigenvalue weighted by molar-refractivity contribution is 7.18. The van der Waals surface area contributed by atoms with Gasteiger partial charge in [-0.2, -0.15) is 13.2 Å². The normalized spacial score (nSPS) is 16.3. The highest BCUT2D eigenvalue weighted by Gasteiger charge is 2.32. The van der Waals surface area contributed by atoms with Crippen LogP contribution < -0.4 is 10.1 Å². The lowest BCUT2D eigenvalue weighted by molar-refractivity contribution is -0.147. The van der Waals surface area contributed by atoms with E-state index in [0.29, 0.717) is 38.5 Å². The van der Waals surface area contributed by atoms with E-state index in [1.807, 2.05) is 30.0 Å². The number of nitrogens with zero attached hydrogens (tertiary/aromatic N) is 3. The molecular formula is C28H33F3N4O5S. The summed E-state index contributed by atoms with van der Waals surface area (Å²) in [5.74, 6) is -0.546. The number of ether oxygens (including phenoxy) is 2. The van der Waals surface area contributed by atoms with E-state index in [1.54, 1.807) is 18.3 Å². The van der Waals surface area contributed by atoms with E-state index >= 15 is 0 Å². The average molecular weight is 595 g/mol. The summed E-state index contributed by atoms with van der Waals surface area (Å²) in [5.41, 5.74) is 0.219. The van der Waals surface area contributed by atoms with Crippen molar-refractivity contribution in [2.45, 2.75) is 32.2 Å². The fourth-order valence-corrected chi connectivity index (χ4v) is 5.37. The van der Waals surface area contributed by atoms with Crippen LogP contribution in [0.4, 0.5) is 13.2 Å². The Kier molecular flexibility index (Phi) is 10.2. The van der Waals surface area contributed by atoms with Gasteiger partial charge < -0.3 is 19.9 Å². The van der Waals surface area contributed by atoms with Gasteiger partial charge in [-0.3, -0.25) is 14.6 Å². The predicted octanol–water partition coefficient (Wildman–Crippen LogP) is 3.40. The van der Waals surface area contributed by atoms with Crippen molar-refractivity contribution in [3.05, 3.63) is 58.6 Å². The van der Waals surface area contributed by atoms with E-state index < -0.39 is 35.8 Å². The van der Waals surface area contributed by atoms with Gasteiger partial charge >= 0.3 is 12.1 Å². The van der Waals surface area contributed by atoms with Gasteiger partial charge in [0.1, 0.15) is 18.5 Å². The van der Waals surface area contributed by atoms with Crippen molar-refractivity contribution in [1.29, 1.82) is 0 Å². The summed E-state index contributed by atoms with van der Waals surface area (Å²) in [6.07, 6.45) is -5.21. The molecule has 3 aromatic rings. The van der Waals surface area contributed by atoms with Gasteiger partial charge in [0.15, 0.2) is 6.04 Å². The maximum absolute atomic E-state index is 12.9. The van der Waals surface area contributed by atoms with Gasteiger partial charge in [0.05, 0.1) is 33.9 Å². The first kappa shape index (κ1) is 30.7. The Morgan fingerprint density at radius 2 is 1.78 bits per heavy atom. The smallest absolute Gasteiger partial charge is 0.416 e. The van der Waals surface area contributed by atoms with Crippen LogP contribution in [0.25, 0.3) is 10.2 Å². The Labute approximate surface area is 239 Å². The first-order valence-corrected chi connectivity index (χ1v) is 14.1. The van der Waals surface area contributed by atoms with Crippen molar-refractivity contribution in [3.63, 3.8) is 0 Å². The van der Waals surface area contributed by atoms with E-state index in [9.17, 15) is 27.9 Å². The number of fused-ring (bicyclic) bond motifs is 1. The molecule has 1 aliphatic rings. The molecular weight excluding hydrogens is 561 g/mol. The number of aryl methyl sites for hydroxylation is 1. The van der Waals surface area contributed by atoms with Crippen molar-refractivity contribution in [2.24, 2.45) is 0 Å². The number of nitrogens with one attached hydrogen (secondary N) is 1. The SMILES string of the molecule is CCOC(=O)C(NC(=O)CN1CCN(CC(O)COc2ccc3sc(C)nc3c2)CC1)c1ccc(C(F)(F)F)cc1. The van der Waals surface area contributed by atoms with E-state index in [4.69, 9.17) is 9.47 Å². The summed E-state index contributed by atoms with van der Waals surface area (Å²) < 4.78 is 50.7. The summed E-state index contributed by atoms with van der Waals surface area (Å²) >= 11 is 1.61. The fraction of sp³-hybridized carbons (Fsp3) is 0.464. The van der Waals surface area contributed by atoms with Gasteiger partial charge in [-0.25, -0.2) is 9.78 Å². The van der Waals surface area contributed by atoms with Crippen molar-refractivity contribution < 1.29 is 37.3 Å². The Morgan fingerprint density at radius 3 is 2.44 bits per heavy atom. The zero-order valence-electron chi connectivity index (χ0n) is 22.8. The monoisotopic (exact) mass is 594 g/mol. The third-order valence-corrected chi connectivity index (χ3v) is 7.56. The molecule has 9 nitrogen and oxygen atoms in total. The van der Waals surface area contributed by atoms with Crippen LogP contribution >= 0.6 is 11.3 Å². The van der Waals surface area contributed by atoms with Crippen LogP contribution in [-0.4, -0.2) is 90.4 Å². The zero-order valence-corrected chi connectivity index (χ0v) is 23.6. The average Bonchev–Trinajstić information content (AvgIpc) is 3.30. The summed E-state index contributed by atoms with van der Waals surface area (Å²) in [7, 11) is 0. The quantitative estimate of drug-likeness (QED) is 0.326. The first-order valence-electron chi connectivity index (χ1n) is 13.3. The number of carbonyl (C=O) groups excluding carboxylic acids is 2. The molecule has 2 N–H and O–H groups in total. The number of benzene rings is 2. The molecule has 41 heavy (non-hydrogen) atoms. The first-order chi connectivity index (χ1) is 19.5.